The lowest BCUT2D eigenvalue weighted by Gasteiger charge is -2.18. The molecule has 0 aromatic heterocycles. The molecule has 0 aliphatic heterocycles. The van der Waals surface area contributed by atoms with Gasteiger partial charge in [0.25, 0.3) is 0 Å². The Hall–Kier alpha value is -0.870. The number of hydrogen-bond donors (Lipinski definition) is 1. The SMILES string of the molecule is Cc1cc(C)c(C(O)c2cccc(I)c2)c(C)c1. The molecule has 94 valence electrons. The number of benzene rings is 2. The number of aliphatic hydroxyl groups excluding tert-OH is 1. The molecule has 1 unspecified atom stereocenters. The number of rotatable bonds is 2. The van der Waals surface area contributed by atoms with E-state index in [0.717, 1.165) is 25.8 Å². The summed E-state index contributed by atoms with van der Waals surface area (Å²) in [4.78, 5) is 0. The molecule has 0 radical (unpaired) electrons. The lowest BCUT2D eigenvalue weighted by molar-refractivity contribution is 0.218. The van der Waals surface area contributed by atoms with Crippen LogP contribution in [0.4, 0.5) is 0 Å². The molecule has 1 N–H and O–H groups in total. The van der Waals surface area contributed by atoms with Gasteiger partial charge in [0.1, 0.15) is 6.10 Å². The van der Waals surface area contributed by atoms with Crippen molar-refractivity contribution in [2.75, 3.05) is 0 Å². The monoisotopic (exact) mass is 352 g/mol. The third kappa shape index (κ3) is 2.75. The molecule has 18 heavy (non-hydrogen) atoms. The zero-order valence-electron chi connectivity index (χ0n) is 10.9. The first-order chi connectivity index (χ1) is 8.49. The quantitative estimate of drug-likeness (QED) is 0.799. The Labute approximate surface area is 122 Å². The van der Waals surface area contributed by atoms with E-state index in [1.807, 2.05) is 24.3 Å². The van der Waals surface area contributed by atoms with Crippen LogP contribution >= 0.6 is 22.6 Å². The average molecular weight is 352 g/mol. The minimum Gasteiger partial charge on any atom is -0.384 e. The Balaban J connectivity index is 2.49. The van der Waals surface area contributed by atoms with Crippen molar-refractivity contribution in [3.8, 4) is 0 Å². The fourth-order valence-electron chi connectivity index (χ4n) is 2.47. The van der Waals surface area contributed by atoms with Crippen LogP contribution in [0.1, 0.15) is 33.9 Å². The molecule has 0 aliphatic rings. The van der Waals surface area contributed by atoms with Crippen molar-refractivity contribution in [2.24, 2.45) is 0 Å². The maximum atomic E-state index is 10.6. The second-order valence-corrected chi connectivity index (χ2v) is 6.02. The predicted molar refractivity (Wildman–Crippen MR) is 83.9 cm³/mol. The molecule has 1 nitrogen and oxygen atoms in total. The van der Waals surface area contributed by atoms with E-state index in [-0.39, 0.29) is 0 Å². The van der Waals surface area contributed by atoms with E-state index < -0.39 is 6.10 Å². The van der Waals surface area contributed by atoms with E-state index in [0.29, 0.717) is 0 Å². The van der Waals surface area contributed by atoms with Gasteiger partial charge in [-0.2, -0.15) is 0 Å². The zero-order chi connectivity index (χ0) is 13.3. The standard InChI is InChI=1S/C16H17IO/c1-10-7-11(2)15(12(3)8-10)16(18)13-5-4-6-14(17)9-13/h4-9,16,18H,1-3H3. The molecule has 0 fully saturated rings. The predicted octanol–water partition coefficient (Wildman–Crippen LogP) is 4.30. The van der Waals surface area contributed by atoms with Gasteiger partial charge in [-0.25, -0.2) is 0 Å². The van der Waals surface area contributed by atoms with Crippen LogP contribution in [0.15, 0.2) is 36.4 Å². The molecule has 0 bridgehead atoms. The summed E-state index contributed by atoms with van der Waals surface area (Å²) in [5.74, 6) is 0. The molecule has 0 heterocycles. The van der Waals surface area contributed by atoms with Crippen LogP contribution in [0.2, 0.25) is 0 Å². The minimum atomic E-state index is -0.541. The van der Waals surface area contributed by atoms with Gasteiger partial charge in [0, 0.05) is 3.57 Å². The highest BCUT2D eigenvalue weighted by molar-refractivity contribution is 14.1. The highest BCUT2D eigenvalue weighted by atomic mass is 127. The van der Waals surface area contributed by atoms with Crippen molar-refractivity contribution in [3.05, 3.63) is 67.8 Å². The molecule has 0 saturated heterocycles. The van der Waals surface area contributed by atoms with Crippen molar-refractivity contribution < 1.29 is 5.11 Å². The van der Waals surface area contributed by atoms with E-state index in [1.165, 1.54) is 5.56 Å². The van der Waals surface area contributed by atoms with E-state index in [9.17, 15) is 5.11 Å². The van der Waals surface area contributed by atoms with E-state index in [1.54, 1.807) is 0 Å². The third-order valence-corrected chi connectivity index (χ3v) is 3.85. The van der Waals surface area contributed by atoms with Gasteiger partial charge in [0.2, 0.25) is 0 Å². The lowest BCUT2D eigenvalue weighted by atomic mass is 9.92. The van der Waals surface area contributed by atoms with Crippen LogP contribution in [-0.4, -0.2) is 5.11 Å². The Bertz CT molecular complexity index is 552. The van der Waals surface area contributed by atoms with Gasteiger partial charge in [-0.3, -0.25) is 0 Å². The van der Waals surface area contributed by atoms with Gasteiger partial charge in [-0.1, -0.05) is 29.8 Å². The highest BCUT2D eigenvalue weighted by Crippen LogP contribution is 2.29. The van der Waals surface area contributed by atoms with Crippen LogP contribution in [0.25, 0.3) is 0 Å². The topological polar surface area (TPSA) is 20.2 Å². The Kier molecular flexibility index (Phi) is 4.07. The van der Waals surface area contributed by atoms with Crippen molar-refractivity contribution in [3.63, 3.8) is 0 Å². The number of halogens is 1. The largest absolute Gasteiger partial charge is 0.384 e. The summed E-state index contributed by atoms with van der Waals surface area (Å²) in [6.45, 7) is 6.21. The number of aryl methyl sites for hydroxylation is 3. The first-order valence-corrected chi connectivity index (χ1v) is 7.08. The first-order valence-electron chi connectivity index (χ1n) is 6.00. The zero-order valence-corrected chi connectivity index (χ0v) is 13.0. The normalized spacial score (nSPS) is 12.5. The summed E-state index contributed by atoms with van der Waals surface area (Å²) in [5.41, 5.74) is 5.53. The van der Waals surface area contributed by atoms with E-state index in [2.05, 4.69) is 55.5 Å². The average Bonchev–Trinajstić information content (AvgIpc) is 2.27. The Morgan fingerprint density at radius 1 is 1.00 bits per heavy atom. The van der Waals surface area contributed by atoms with Gasteiger partial charge in [0.15, 0.2) is 0 Å². The smallest absolute Gasteiger partial charge is 0.105 e. The number of hydrogen-bond acceptors (Lipinski definition) is 1. The molecule has 2 heteroatoms. The molecule has 0 saturated carbocycles. The molecule has 2 aromatic carbocycles. The van der Waals surface area contributed by atoms with Crippen LogP contribution in [0.5, 0.6) is 0 Å². The van der Waals surface area contributed by atoms with Crippen molar-refractivity contribution in [2.45, 2.75) is 26.9 Å². The third-order valence-electron chi connectivity index (χ3n) is 3.18. The van der Waals surface area contributed by atoms with Gasteiger partial charge in [0.05, 0.1) is 0 Å². The molecular formula is C16H17IO. The molecule has 1 atom stereocenters. The molecule has 0 amide bonds. The van der Waals surface area contributed by atoms with Gasteiger partial charge in [-0.15, -0.1) is 0 Å². The van der Waals surface area contributed by atoms with Gasteiger partial charge < -0.3 is 5.11 Å². The van der Waals surface area contributed by atoms with Crippen LogP contribution in [-0.2, 0) is 0 Å². The fourth-order valence-corrected chi connectivity index (χ4v) is 3.03. The summed E-state index contributed by atoms with van der Waals surface area (Å²) in [5, 5.41) is 10.6. The maximum Gasteiger partial charge on any atom is 0.105 e. The fraction of sp³-hybridized carbons (Fsp3) is 0.250. The summed E-state index contributed by atoms with van der Waals surface area (Å²) in [6, 6.07) is 12.3. The molecule has 2 rings (SSSR count). The van der Waals surface area contributed by atoms with Crippen molar-refractivity contribution in [1.82, 2.24) is 0 Å². The maximum absolute atomic E-state index is 10.6. The summed E-state index contributed by atoms with van der Waals surface area (Å²) >= 11 is 2.27. The van der Waals surface area contributed by atoms with Gasteiger partial charge >= 0.3 is 0 Å². The Morgan fingerprint density at radius 3 is 2.17 bits per heavy atom. The molecule has 0 spiro atoms. The van der Waals surface area contributed by atoms with E-state index in [4.69, 9.17) is 0 Å². The van der Waals surface area contributed by atoms with Crippen LogP contribution in [0, 0.1) is 24.3 Å². The second kappa shape index (κ2) is 5.41. The van der Waals surface area contributed by atoms with Gasteiger partial charge in [-0.05, 0) is 77.7 Å². The summed E-state index contributed by atoms with van der Waals surface area (Å²) in [6.07, 6.45) is -0.541. The second-order valence-electron chi connectivity index (χ2n) is 4.77. The lowest BCUT2D eigenvalue weighted by Crippen LogP contribution is -2.05. The van der Waals surface area contributed by atoms with Crippen molar-refractivity contribution in [1.29, 1.82) is 0 Å². The first kappa shape index (κ1) is 13.6. The van der Waals surface area contributed by atoms with Crippen molar-refractivity contribution >= 4 is 22.6 Å². The van der Waals surface area contributed by atoms with Crippen LogP contribution in [0.3, 0.4) is 0 Å². The number of aliphatic hydroxyl groups is 1. The van der Waals surface area contributed by atoms with Crippen LogP contribution < -0.4 is 0 Å². The molecule has 0 aliphatic carbocycles. The highest BCUT2D eigenvalue weighted by Gasteiger charge is 2.15. The Morgan fingerprint density at radius 2 is 1.61 bits per heavy atom. The van der Waals surface area contributed by atoms with E-state index >= 15 is 0 Å². The minimum absolute atomic E-state index is 0.541. The summed E-state index contributed by atoms with van der Waals surface area (Å²) in [7, 11) is 0. The summed E-state index contributed by atoms with van der Waals surface area (Å²) < 4.78 is 1.14. The molecule has 2 aromatic rings. The molecular weight excluding hydrogens is 335 g/mol.